The molecule has 2 heterocycles. The number of benzene rings is 1. The van der Waals surface area contributed by atoms with Crippen LogP contribution in [0.25, 0.3) is 0 Å². The van der Waals surface area contributed by atoms with Crippen molar-refractivity contribution in [2.24, 2.45) is 0 Å². The lowest BCUT2D eigenvalue weighted by Gasteiger charge is -2.36. The normalized spacial score (nSPS) is 16.2. The van der Waals surface area contributed by atoms with Crippen LogP contribution < -0.4 is 4.90 Å². The molecule has 0 spiro atoms. The minimum atomic E-state index is 0.511. The standard InChI is InChI=1S/C19H25ClN4/c1-23(19-21-14-17(20)15-22-19)18-9-12-24(13-10-18)11-5-8-16-6-3-2-4-7-16/h2-4,6-7,14-15,18H,5,8-13H2,1H3. The number of halogens is 1. The number of hydrogen-bond donors (Lipinski definition) is 0. The summed E-state index contributed by atoms with van der Waals surface area (Å²) in [5, 5.41) is 0.584. The maximum atomic E-state index is 5.86. The van der Waals surface area contributed by atoms with Gasteiger partial charge in [0, 0.05) is 26.2 Å². The molecule has 4 nitrogen and oxygen atoms in total. The largest absolute Gasteiger partial charge is 0.341 e. The molecule has 24 heavy (non-hydrogen) atoms. The van der Waals surface area contributed by atoms with Gasteiger partial charge in [-0.3, -0.25) is 0 Å². The fourth-order valence-corrected chi connectivity index (χ4v) is 3.43. The fourth-order valence-electron chi connectivity index (χ4n) is 3.33. The zero-order chi connectivity index (χ0) is 16.8. The van der Waals surface area contributed by atoms with Crippen LogP contribution in [0, 0.1) is 0 Å². The molecule has 1 aliphatic rings. The van der Waals surface area contributed by atoms with Gasteiger partial charge in [-0.15, -0.1) is 0 Å². The molecule has 1 aromatic heterocycles. The van der Waals surface area contributed by atoms with Crippen molar-refractivity contribution in [3.63, 3.8) is 0 Å². The number of rotatable bonds is 6. The van der Waals surface area contributed by atoms with Crippen LogP contribution in [0.3, 0.4) is 0 Å². The Bertz CT molecular complexity index is 609. The molecule has 3 rings (SSSR count). The van der Waals surface area contributed by atoms with Crippen LogP contribution in [-0.2, 0) is 6.42 Å². The summed E-state index contributed by atoms with van der Waals surface area (Å²) < 4.78 is 0. The fraction of sp³-hybridized carbons (Fsp3) is 0.474. The summed E-state index contributed by atoms with van der Waals surface area (Å²) in [5.41, 5.74) is 1.44. The molecule has 1 saturated heterocycles. The van der Waals surface area contributed by atoms with Gasteiger partial charge in [0.1, 0.15) is 0 Å². The van der Waals surface area contributed by atoms with Crippen molar-refractivity contribution in [1.29, 1.82) is 0 Å². The smallest absolute Gasteiger partial charge is 0.225 e. The second-order valence-corrected chi connectivity index (χ2v) is 6.91. The molecule has 0 N–H and O–H groups in total. The number of hydrogen-bond acceptors (Lipinski definition) is 4. The van der Waals surface area contributed by atoms with Gasteiger partial charge in [-0.2, -0.15) is 0 Å². The Morgan fingerprint density at radius 2 is 1.79 bits per heavy atom. The molecule has 1 aliphatic heterocycles. The summed E-state index contributed by atoms with van der Waals surface area (Å²) >= 11 is 5.86. The van der Waals surface area contributed by atoms with Crippen molar-refractivity contribution in [3.8, 4) is 0 Å². The molecule has 1 aromatic carbocycles. The Balaban J connectivity index is 1.41. The minimum Gasteiger partial charge on any atom is -0.341 e. The van der Waals surface area contributed by atoms with Crippen molar-refractivity contribution in [2.75, 3.05) is 31.6 Å². The summed E-state index contributed by atoms with van der Waals surface area (Å²) in [5.74, 6) is 0.766. The van der Waals surface area contributed by atoms with E-state index in [1.807, 2.05) is 0 Å². The first-order valence-corrected chi connectivity index (χ1v) is 9.07. The van der Waals surface area contributed by atoms with Crippen LogP contribution in [-0.4, -0.2) is 47.6 Å². The van der Waals surface area contributed by atoms with Crippen molar-refractivity contribution >= 4 is 17.5 Å². The van der Waals surface area contributed by atoms with Crippen LogP contribution in [0.15, 0.2) is 42.7 Å². The van der Waals surface area contributed by atoms with Crippen molar-refractivity contribution in [2.45, 2.75) is 31.7 Å². The Morgan fingerprint density at radius 1 is 1.12 bits per heavy atom. The average Bonchev–Trinajstić information content (AvgIpc) is 2.63. The van der Waals surface area contributed by atoms with Gasteiger partial charge in [0.25, 0.3) is 0 Å². The molecule has 0 radical (unpaired) electrons. The summed E-state index contributed by atoms with van der Waals surface area (Å²) in [6.07, 6.45) is 8.05. The topological polar surface area (TPSA) is 32.3 Å². The van der Waals surface area contributed by atoms with E-state index in [0.717, 1.165) is 31.9 Å². The molecular weight excluding hydrogens is 320 g/mol. The molecule has 0 saturated carbocycles. The zero-order valence-electron chi connectivity index (χ0n) is 14.2. The van der Waals surface area contributed by atoms with Gasteiger partial charge in [-0.1, -0.05) is 41.9 Å². The third-order valence-electron chi connectivity index (χ3n) is 4.81. The molecule has 0 unspecified atom stereocenters. The maximum Gasteiger partial charge on any atom is 0.225 e. The Hall–Kier alpha value is -1.65. The monoisotopic (exact) mass is 344 g/mol. The van der Waals surface area contributed by atoms with Crippen LogP contribution in [0.5, 0.6) is 0 Å². The van der Waals surface area contributed by atoms with Crippen LogP contribution in [0.4, 0.5) is 5.95 Å². The third-order valence-corrected chi connectivity index (χ3v) is 5.00. The summed E-state index contributed by atoms with van der Waals surface area (Å²) in [7, 11) is 2.08. The van der Waals surface area contributed by atoms with E-state index < -0.39 is 0 Å². The summed E-state index contributed by atoms with van der Waals surface area (Å²) in [6, 6.07) is 11.3. The predicted molar refractivity (Wildman–Crippen MR) is 99.7 cm³/mol. The van der Waals surface area contributed by atoms with E-state index in [0.29, 0.717) is 11.1 Å². The van der Waals surface area contributed by atoms with Gasteiger partial charge in [-0.25, -0.2) is 9.97 Å². The lowest BCUT2D eigenvalue weighted by molar-refractivity contribution is 0.208. The highest BCUT2D eigenvalue weighted by atomic mass is 35.5. The van der Waals surface area contributed by atoms with Crippen molar-refractivity contribution in [3.05, 3.63) is 53.3 Å². The van der Waals surface area contributed by atoms with E-state index in [9.17, 15) is 0 Å². The second-order valence-electron chi connectivity index (χ2n) is 6.47. The number of aromatic nitrogens is 2. The van der Waals surface area contributed by atoms with Crippen molar-refractivity contribution in [1.82, 2.24) is 14.9 Å². The van der Waals surface area contributed by atoms with Gasteiger partial charge in [0.2, 0.25) is 5.95 Å². The molecule has 2 aromatic rings. The van der Waals surface area contributed by atoms with Crippen LogP contribution in [0.2, 0.25) is 5.02 Å². The number of piperidine rings is 1. The van der Waals surface area contributed by atoms with E-state index in [4.69, 9.17) is 11.6 Å². The van der Waals surface area contributed by atoms with E-state index >= 15 is 0 Å². The van der Waals surface area contributed by atoms with E-state index in [1.54, 1.807) is 12.4 Å². The molecule has 1 fully saturated rings. The summed E-state index contributed by atoms with van der Waals surface area (Å²) in [4.78, 5) is 13.4. The third kappa shape index (κ3) is 4.68. The van der Waals surface area contributed by atoms with E-state index in [-0.39, 0.29) is 0 Å². The van der Waals surface area contributed by atoms with E-state index in [2.05, 4.69) is 57.1 Å². The van der Waals surface area contributed by atoms with Crippen LogP contribution >= 0.6 is 11.6 Å². The highest BCUT2D eigenvalue weighted by molar-refractivity contribution is 6.30. The molecule has 0 aliphatic carbocycles. The first-order chi connectivity index (χ1) is 11.7. The Labute approximate surface area is 149 Å². The van der Waals surface area contributed by atoms with Gasteiger partial charge in [0.15, 0.2) is 0 Å². The number of nitrogens with zero attached hydrogens (tertiary/aromatic N) is 4. The molecule has 0 bridgehead atoms. The lowest BCUT2D eigenvalue weighted by atomic mass is 10.0. The average molecular weight is 345 g/mol. The Morgan fingerprint density at radius 3 is 2.46 bits per heavy atom. The van der Waals surface area contributed by atoms with E-state index in [1.165, 1.54) is 24.9 Å². The molecular formula is C19H25ClN4. The minimum absolute atomic E-state index is 0.511. The quantitative estimate of drug-likeness (QED) is 0.800. The molecule has 128 valence electrons. The summed E-state index contributed by atoms with van der Waals surface area (Å²) in [6.45, 7) is 3.48. The SMILES string of the molecule is CN(c1ncc(Cl)cn1)C1CCN(CCCc2ccccc2)CC1. The highest BCUT2D eigenvalue weighted by Crippen LogP contribution is 2.20. The maximum absolute atomic E-state index is 5.86. The first-order valence-electron chi connectivity index (χ1n) is 8.69. The Kier molecular flexibility index (Phi) is 6.05. The predicted octanol–water partition coefficient (Wildman–Crippen LogP) is 3.66. The molecule has 5 heteroatoms. The number of anilines is 1. The highest BCUT2D eigenvalue weighted by Gasteiger charge is 2.23. The molecule has 0 atom stereocenters. The number of likely N-dealkylation sites (tertiary alicyclic amines) is 1. The number of aryl methyl sites for hydroxylation is 1. The van der Waals surface area contributed by atoms with Gasteiger partial charge < -0.3 is 9.80 Å². The van der Waals surface area contributed by atoms with Gasteiger partial charge in [0.05, 0.1) is 17.4 Å². The molecule has 0 amide bonds. The lowest BCUT2D eigenvalue weighted by Crippen LogP contribution is -2.44. The van der Waals surface area contributed by atoms with Crippen molar-refractivity contribution < 1.29 is 0 Å². The first kappa shape index (κ1) is 17.2. The second kappa shape index (κ2) is 8.45. The van der Waals surface area contributed by atoms with Gasteiger partial charge in [-0.05, 0) is 37.8 Å². The van der Waals surface area contributed by atoms with Gasteiger partial charge >= 0.3 is 0 Å². The van der Waals surface area contributed by atoms with Crippen LogP contribution in [0.1, 0.15) is 24.8 Å². The zero-order valence-corrected chi connectivity index (χ0v) is 15.0.